The molecule has 0 amide bonds. The molecular formula is C13H22N2O3. The highest BCUT2D eigenvalue weighted by molar-refractivity contribution is 5.27. The average Bonchev–Trinajstić information content (AvgIpc) is 2.67. The van der Waals surface area contributed by atoms with Gasteiger partial charge in [-0.05, 0) is 32.1 Å². The maximum atomic E-state index is 10.3. The van der Waals surface area contributed by atoms with Crippen molar-refractivity contribution in [3.05, 3.63) is 11.9 Å². The Bertz CT molecular complexity index is 386. The normalized spacial score (nSPS) is 24.7. The predicted molar refractivity (Wildman–Crippen MR) is 67.5 cm³/mol. The van der Waals surface area contributed by atoms with Crippen molar-refractivity contribution >= 4 is 0 Å². The van der Waals surface area contributed by atoms with Crippen molar-refractivity contribution in [3.63, 3.8) is 0 Å². The fraction of sp³-hybridized carbons (Fsp3) is 0.769. The van der Waals surface area contributed by atoms with Gasteiger partial charge in [0.1, 0.15) is 5.69 Å². The molecule has 5 nitrogen and oxygen atoms in total. The molecule has 1 atom stereocenters. The molecule has 0 radical (unpaired) electrons. The lowest BCUT2D eigenvalue weighted by atomic mass is 9.78. The highest BCUT2D eigenvalue weighted by atomic mass is 16.5. The van der Waals surface area contributed by atoms with Crippen LogP contribution in [0.15, 0.2) is 6.20 Å². The van der Waals surface area contributed by atoms with E-state index < -0.39 is 6.10 Å². The SMILES string of the molecule is CCOC1CC(CC(O)c2c(OC)cnn2C)C1. The van der Waals surface area contributed by atoms with Crippen LogP contribution in [0.1, 0.15) is 38.0 Å². The molecule has 1 fully saturated rings. The van der Waals surface area contributed by atoms with Gasteiger partial charge in [-0.15, -0.1) is 0 Å². The molecule has 1 aliphatic carbocycles. The van der Waals surface area contributed by atoms with E-state index in [4.69, 9.17) is 9.47 Å². The maximum Gasteiger partial charge on any atom is 0.162 e. The third-order valence-electron chi connectivity index (χ3n) is 3.64. The van der Waals surface area contributed by atoms with Gasteiger partial charge in [0, 0.05) is 13.7 Å². The van der Waals surface area contributed by atoms with Crippen molar-refractivity contribution < 1.29 is 14.6 Å². The van der Waals surface area contributed by atoms with E-state index in [1.807, 2.05) is 14.0 Å². The van der Waals surface area contributed by atoms with Crippen LogP contribution >= 0.6 is 0 Å². The van der Waals surface area contributed by atoms with E-state index in [0.29, 0.717) is 17.8 Å². The van der Waals surface area contributed by atoms with Crippen molar-refractivity contribution in [1.82, 2.24) is 9.78 Å². The zero-order chi connectivity index (χ0) is 13.1. The monoisotopic (exact) mass is 254 g/mol. The summed E-state index contributed by atoms with van der Waals surface area (Å²) >= 11 is 0. The van der Waals surface area contributed by atoms with Crippen LogP contribution in [0.5, 0.6) is 5.75 Å². The van der Waals surface area contributed by atoms with Gasteiger partial charge in [0.2, 0.25) is 0 Å². The quantitative estimate of drug-likeness (QED) is 0.839. The van der Waals surface area contributed by atoms with Crippen molar-refractivity contribution in [2.24, 2.45) is 13.0 Å². The number of methoxy groups -OCH3 is 1. The number of ether oxygens (including phenoxy) is 2. The molecule has 0 aliphatic heterocycles. The molecule has 5 heteroatoms. The predicted octanol–water partition coefficient (Wildman–Crippen LogP) is 1.67. The van der Waals surface area contributed by atoms with E-state index in [-0.39, 0.29) is 0 Å². The zero-order valence-corrected chi connectivity index (χ0v) is 11.3. The van der Waals surface area contributed by atoms with Gasteiger partial charge in [0.15, 0.2) is 5.75 Å². The van der Waals surface area contributed by atoms with Crippen molar-refractivity contribution in [2.75, 3.05) is 13.7 Å². The molecule has 0 bridgehead atoms. The molecule has 1 unspecified atom stereocenters. The first kappa shape index (κ1) is 13.4. The van der Waals surface area contributed by atoms with Crippen LogP contribution in [0.4, 0.5) is 0 Å². The van der Waals surface area contributed by atoms with E-state index >= 15 is 0 Å². The van der Waals surface area contributed by atoms with Crippen LogP contribution in [0.3, 0.4) is 0 Å². The zero-order valence-electron chi connectivity index (χ0n) is 11.3. The number of aliphatic hydroxyl groups is 1. The molecule has 1 aromatic heterocycles. The molecule has 18 heavy (non-hydrogen) atoms. The van der Waals surface area contributed by atoms with Crippen LogP contribution in [-0.4, -0.2) is 34.7 Å². The Kier molecular flexibility index (Phi) is 4.24. The molecule has 1 aromatic rings. The molecule has 102 valence electrons. The third kappa shape index (κ3) is 2.67. The number of nitrogens with zero attached hydrogens (tertiary/aromatic N) is 2. The summed E-state index contributed by atoms with van der Waals surface area (Å²) in [5.74, 6) is 1.20. The summed E-state index contributed by atoms with van der Waals surface area (Å²) < 4.78 is 12.4. The molecule has 2 rings (SSSR count). The summed E-state index contributed by atoms with van der Waals surface area (Å²) in [6.45, 7) is 2.79. The molecule has 1 saturated carbocycles. The Morgan fingerprint density at radius 1 is 1.56 bits per heavy atom. The minimum Gasteiger partial charge on any atom is -0.493 e. The molecule has 0 spiro atoms. The number of aromatic nitrogens is 2. The van der Waals surface area contributed by atoms with Crippen molar-refractivity contribution in [2.45, 2.75) is 38.4 Å². The Morgan fingerprint density at radius 2 is 2.28 bits per heavy atom. The van der Waals surface area contributed by atoms with E-state index in [1.165, 1.54) is 0 Å². The van der Waals surface area contributed by atoms with Crippen LogP contribution in [-0.2, 0) is 11.8 Å². The van der Waals surface area contributed by atoms with Gasteiger partial charge in [0.25, 0.3) is 0 Å². The molecule has 1 N–H and O–H groups in total. The number of hydrogen-bond acceptors (Lipinski definition) is 4. The largest absolute Gasteiger partial charge is 0.493 e. The first-order chi connectivity index (χ1) is 8.65. The van der Waals surface area contributed by atoms with Gasteiger partial charge in [-0.25, -0.2) is 0 Å². The first-order valence-electron chi connectivity index (χ1n) is 6.51. The fourth-order valence-electron chi connectivity index (χ4n) is 2.63. The average molecular weight is 254 g/mol. The number of hydrogen-bond donors (Lipinski definition) is 1. The van der Waals surface area contributed by atoms with E-state index in [2.05, 4.69) is 5.10 Å². The van der Waals surface area contributed by atoms with Gasteiger partial charge >= 0.3 is 0 Å². The van der Waals surface area contributed by atoms with Crippen LogP contribution < -0.4 is 4.74 Å². The Labute approximate surface area is 108 Å². The molecule has 1 heterocycles. The Balaban J connectivity index is 1.89. The van der Waals surface area contributed by atoms with E-state index in [1.54, 1.807) is 18.0 Å². The molecular weight excluding hydrogens is 232 g/mol. The van der Waals surface area contributed by atoms with Crippen LogP contribution in [0.25, 0.3) is 0 Å². The maximum absolute atomic E-state index is 10.3. The Hall–Kier alpha value is -1.07. The minimum atomic E-state index is -0.514. The number of rotatable bonds is 6. The fourth-order valence-corrected chi connectivity index (χ4v) is 2.63. The molecule has 0 saturated heterocycles. The summed E-state index contributed by atoms with van der Waals surface area (Å²) in [6, 6.07) is 0. The van der Waals surface area contributed by atoms with Gasteiger partial charge in [-0.1, -0.05) is 0 Å². The second-order valence-corrected chi connectivity index (χ2v) is 4.89. The first-order valence-corrected chi connectivity index (χ1v) is 6.51. The highest BCUT2D eigenvalue weighted by Gasteiger charge is 2.32. The summed E-state index contributed by atoms with van der Waals surface area (Å²) in [4.78, 5) is 0. The van der Waals surface area contributed by atoms with Gasteiger partial charge < -0.3 is 14.6 Å². The number of aliphatic hydroxyl groups excluding tert-OH is 1. The minimum absolute atomic E-state index is 0.389. The third-order valence-corrected chi connectivity index (χ3v) is 3.64. The van der Waals surface area contributed by atoms with Gasteiger partial charge in [-0.3, -0.25) is 4.68 Å². The number of aryl methyl sites for hydroxylation is 1. The van der Waals surface area contributed by atoms with Gasteiger partial charge in [0.05, 0.1) is 25.5 Å². The lowest BCUT2D eigenvalue weighted by molar-refractivity contribution is -0.0388. The molecule has 1 aliphatic rings. The lowest BCUT2D eigenvalue weighted by Gasteiger charge is -2.36. The van der Waals surface area contributed by atoms with E-state index in [0.717, 1.165) is 31.6 Å². The van der Waals surface area contributed by atoms with Crippen molar-refractivity contribution in [3.8, 4) is 5.75 Å². The van der Waals surface area contributed by atoms with Gasteiger partial charge in [-0.2, -0.15) is 5.10 Å². The molecule has 0 aromatic carbocycles. The second-order valence-electron chi connectivity index (χ2n) is 4.89. The van der Waals surface area contributed by atoms with Crippen molar-refractivity contribution in [1.29, 1.82) is 0 Å². The highest BCUT2D eigenvalue weighted by Crippen LogP contribution is 2.38. The standard InChI is InChI=1S/C13H22N2O3/c1-4-18-10-5-9(6-10)7-11(16)13-12(17-3)8-14-15(13)2/h8-11,16H,4-7H2,1-3H3. The summed E-state index contributed by atoms with van der Waals surface area (Å²) in [7, 11) is 3.42. The Morgan fingerprint density at radius 3 is 2.89 bits per heavy atom. The topological polar surface area (TPSA) is 56.5 Å². The summed E-state index contributed by atoms with van der Waals surface area (Å²) in [5.41, 5.74) is 0.761. The van der Waals surface area contributed by atoms with Crippen LogP contribution in [0, 0.1) is 5.92 Å². The summed E-state index contributed by atoms with van der Waals surface area (Å²) in [6.07, 6.45) is 4.36. The smallest absolute Gasteiger partial charge is 0.162 e. The lowest BCUT2D eigenvalue weighted by Crippen LogP contribution is -2.32. The van der Waals surface area contributed by atoms with E-state index in [9.17, 15) is 5.11 Å². The summed E-state index contributed by atoms with van der Waals surface area (Å²) in [5, 5.41) is 14.4. The second kappa shape index (κ2) is 5.71. The van der Waals surface area contributed by atoms with Crippen LogP contribution in [0.2, 0.25) is 0 Å².